The van der Waals surface area contributed by atoms with E-state index >= 15 is 0 Å². The van der Waals surface area contributed by atoms with Gasteiger partial charge in [-0.05, 0) is 44.2 Å². The molecule has 0 aromatic heterocycles. The van der Waals surface area contributed by atoms with E-state index in [2.05, 4.69) is 17.4 Å². The minimum Gasteiger partial charge on any atom is -0.465 e. The summed E-state index contributed by atoms with van der Waals surface area (Å²) in [6.07, 6.45) is 3.92. The Morgan fingerprint density at radius 3 is 2.49 bits per heavy atom. The number of anilines is 1. The summed E-state index contributed by atoms with van der Waals surface area (Å²) < 4.78 is 5.44. The van der Waals surface area contributed by atoms with E-state index in [0.717, 1.165) is 56.4 Å². The van der Waals surface area contributed by atoms with Crippen LogP contribution in [0, 0.1) is 12.8 Å². The summed E-state index contributed by atoms with van der Waals surface area (Å²) in [4.78, 5) is 41.0. The highest BCUT2D eigenvalue weighted by molar-refractivity contribution is 6.02. The number of rotatable bonds is 7. The zero-order chi connectivity index (χ0) is 24.8. The second-order valence-electron chi connectivity index (χ2n) is 9.96. The number of quaternary nitrogens is 1. The second-order valence-corrected chi connectivity index (χ2v) is 9.96. The van der Waals surface area contributed by atoms with Crippen molar-refractivity contribution in [2.24, 2.45) is 5.92 Å². The molecular weight excluding hydrogens is 442 g/mol. The Bertz CT molecular complexity index is 1070. The predicted octanol–water partition coefficient (Wildman–Crippen LogP) is 3.77. The van der Waals surface area contributed by atoms with E-state index in [1.54, 1.807) is 12.1 Å². The number of aryl methyl sites for hydroxylation is 1. The molecule has 2 amide bonds. The van der Waals surface area contributed by atoms with E-state index in [-0.39, 0.29) is 24.3 Å². The molecule has 0 radical (unpaired) electrons. The van der Waals surface area contributed by atoms with E-state index in [4.69, 9.17) is 4.74 Å². The quantitative estimate of drug-likeness (QED) is 0.486. The molecule has 2 heterocycles. The molecule has 2 aliphatic rings. The summed E-state index contributed by atoms with van der Waals surface area (Å²) in [5.74, 6) is -0.464. The largest absolute Gasteiger partial charge is 0.465 e. The van der Waals surface area contributed by atoms with Crippen LogP contribution in [0.25, 0.3) is 0 Å². The van der Waals surface area contributed by atoms with Gasteiger partial charge in [-0.1, -0.05) is 42.5 Å². The fourth-order valence-corrected chi connectivity index (χ4v) is 5.63. The number of nitrogens with zero attached hydrogens (tertiary/aromatic N) is 2. The van der Waals surface area contributed by atoms with Crippen LogP contribution in [0.5, 0.6) is 0 Å². The molecule has 7 nitrogen and oxygen atoms in total. The summed E-state index contributed by atoms with van der Waals surface area (Å²) in [6, 6.07) is 15.5. The van der Waals surface area contributed by atoms with Gasteiger partial charge in [-0.3, -0.25) is 9.59 Å². The van der Waals surface area contributed by atoms with Gasteiger partial charge in [0.15, 0.2) is 6.54 Å². The van der Waals surface area contributed by atoms with Gasteiger partial charge in [0.2, 0.25) is 5.91 Å². The van der Waals surface area contributed by atoms with Gasteiger partial charge < -0.3 is 19.4 Å². The summed E-state index contributed by atoms with van der Waals surface area (Å²) in [5.41, 5.74) is 2.79. The lowest BCUT2D eigenvalue weighted by molar-refractivity contribution is -0.940. The number of benzene rings is 2. The number of esters is 1. The van der Waals surface area contributed by atoms with Crippen molar-refractivity contribution >= 4 is 23.5 Å². The minimum absolute atomic E-state index is 0.0672. The summed E-state index contributed by atoms with van der Waals surface area (Å²) in [5, 5.41) is 3.00. The van der Waals surface area contributed by atoms with Crippen LogP contribution in [-0.4, -0.2) is 67.0 Å². The zero-order valence-corrected chi connectivity index (χ0v) is 20.8. The van der Waals surface area contributed by atoms with E-state index in [1.165, 1.54) is 7.11 Å². The van der Waals surface area contributed by atoms with Crippen molar-refractivity contribution in [3.63, 3.8) is 0 Å². The van der Waals surface area contributed by atoms with E-state index in [1.807, 2.05) is 36.1 Å². The first-order valence-electron chi connectivity index (χ1n) is 12.6. The number of piperidine rings is 1. The van der Waals surface area contributed by atoms with Crippen molar-refractivity contribution in [3.05, 3.63) is 65.2 Å². The first-order valence-corrected chi connectivity index (χ1v) is 12.6. The first kappa shape index (κ1) is 24.9. The molecule has 2 atom stereocenters. The van der Waals surface area contributed by atoms with Crippen LogP contribution in [-0.2, 0) is 20.9 Å². The van der Waals surface area contributed by atoms with Crippen LogP contribution in [0.3, 0.4) is 0 Å². The number of ether oxygens (including phenoxy) is 1. The number of carbonyl (C=O) groups excluding carboxylic acids is 3. The number of para-hydroxylation sites is 1. The third-order valence-electron chi connectivity index (χ3n) is 7.34. The first-order chi connectivity index (χ1) is 16.9. The van der Waals surface area contributed by atoms with E-state index in [9.17, 15) is 14.4 Å². The molecule has 0 saturated carbocycles. The molecule has 0 bridgehead atoms. The fourth-order valence-electron chi connectivity index (χ4n) is 5.63. The highest BCUT2D eigenvalue weighted by Crippen LogP contribution is 2.30. The van der Waals surface area contributed by atoms with Gasteiger partial charge in [0.05, 0.1) is 37.4 Å². The van der Waals surface area contributed by atoms with Crippen molar-refractivity contribution in [1.29, 1.82) is 0 Å². The molecule has 7 heteroatoms. The molecule has 4 rings (SSSR count). The van der Waals surface area contributed by atoms with Crippen molar-refractivity contribution in [1.82, 2.24) is 4.90 Å². The van der Waals surface area contributed by atoms with Crippen molar-refractivity contribution in [2.75, 3.05) is 45.2 Å². The van der Waals surface area contributed by atoms with Gasteiger partial charge in [0.1, 0.15) is 6.54 Å². The normalized spacial score (nSPS) is 22.0. The van der Waals surface area contributed by atoms with E-state index < -0.39 is 5.97 Å². The maximum atomic E-state index is 13.5. The van der Waals surface area contributed by atoms with Crippen LogP contribution in [0.1, 0.15) is 47.2 Å². The van der Waals surface area contributed by atoms with Crippen molar-refractivity contribution in [2.45, 2.75) is 39.2 Å². The number of likely N-dealkylation sites (tertiary alicyclic amines) is 2. The number of hydrogen-bond acceptors (Lipinski definition) is 4. The zero-order valence-electron chi connectivity index (χ0n) is 20.8. The molecule has 0 spiro atoms. The Morgan fingerprint density at radius 1 is 1.03 bits per heavy atom. The Kier molecular flexibility index (Phi) is 7.86. The maximum Gasteiger partial charge on any atom is 0.339 e. The second kappa shape index (κ2) is 11.0. The van der Waals surface area contributed by atoms with Gasteiger partial charge in [-0.15, -0.1) is 0 Å². The predicted molar refractivity (Wildman–Crippen MR) is 135 cm³/mol. The summed E-state index contributed by atoms with van der Waals surface area (Å²) in [6.45, 7) is 5.97. The monoisotopic (exact) mass is 478 g/mol. The number of amides is 2. The number of carbonyl (C=O) groups is 3. The van der Waals surface area contributed by atoms with Crippen LogP contribution in [0.4, 0.5) is 5.69 Å². The summed E-state index contributed by atoms with van der Waals surface area (Å²) >= 11 is 0. The van der Waals surface area contributed by atoms with Gasteiger partial charge in [0.25, 0.3) is 5.91 Å². The minimum atomic E-state index is -0.480. The topological polar surface area (TPSA) is 75.7 Å². The molecule has 0 aliphatic carbocycles. The molecule has 2 unspecified atom stereocenters. The molecule has 2 fully saturated rings. The molecule has 1 N–H and O–H groups in total. The molecular formula is C28H36N3O4+. The molecule has 2 aliphatic heterocycles. The summed E-state index contributed by atoms with van der Waals surface area (Å²) in [7, 11) is 1.33. The lowest BCUT2D eigenvalue weighted by Gasteiger charge is -2.44. The van der Waals surface area contributed by atoms with Gasteiger partial charge in [-0.2, -0.15) is 0 Å². The maximum absolute atomic E-state index is 13.5. The Labute approximate surface area is 207 Å². The Hall–Kier alpha value is -3.19. The lowest BCUT2D eigenvalue weighted by atomic mass is 9.93. The molecule has 186 valence electrons. The van der Waals surface area contributed by atoms with Crippen LogP contribution < -0.4 is 5.32 Å². The van der Waals surface area contributed by atoms with Crippen LogP contribution in [0.15, 0.2) is 48.5 Å². The molecule has 35 heavy (non-hydrogen) atoms. The average Bonchev–Trinajstić information content (AvgIpc) is 3.40. The number of hydrogen-bond donors (Lipinski definition) is 1. The van der Waals surface area contributed by atoms with E-state index in [0.29, 0.717) is 28.8 Å². The lowest BCUT2D eigenvalue weighted by Crippen LogP contribution is -2.58. The fraction of sp³-hybridized carbons (Fsp3) is 0.464. The Morgan fingerprint density at radius 2 is 1.77 bits per heavy atom. The average molecular weight is 479 g/mol. The standard InChI is InChI=1S/C28H35N3O4/c1-21-10-8-14-24(28(34)35-2)26(21)29-25(32)20-31(18-22-11-4-3-5-12-22)17-9-13-23(19-31)27(33)30-15-6-7-16-30/h3-5,8,10-12,14,23H,6-7,9,13,15-20H2,1-2H3/p+1. The molecule has 2 aromatic rings. The smallest absolute Gasteiger partial charge is 0.339 e. The molecule has 2 aromatic carbocycles. The number of methoxy groups -OCH3 is 1. The van der Waals surface area contributed by atoms with Crippen molar-refractivity contribution in [3.8, 4) is 0 Å². The third-order valence-corrected chi connectivity index (χ3v) is 7.34. The number of nitrogens with one attached hydrogen (secondary N) is 1. The van der Waals surface area contributed by atoms with Gasteiger partial charge in [0, 0.05) is 18.7 Å². The molecule has 2 saturated heterocycles. The third kappa shape index (κ3) is 5.90. The van der Waals surface area contributed by atoms with Gasteiger partial charge in [-0.25, -0.2) is 4.79 Å². The highest BCUT2D eigenvalue weighted by Gasteiger charge is 2.41. The van der Waals surface area contributed by atoms with Crippen molar-refractivity contribution < 1.29 is 23.6 Å². The SMILES string of the molecule is COC(=O)c1cccc(C)c1NC(=O)C[N+]1(Cc2ccccc2)CCCC(C(=O)N2CCCC2)C1. The van der Waals surface area contributed by atoms with Crippen LogP contribution in [0.2, 0.25) is 0 Å². The Balaban J connectivity index is 1.57. The van der Waals surface area contributed by atoms with Crippen LogP contribution >= 0.6 is 0 Å². The van der Waals surface area contributed by atoms with Gasteiger partial charge >= 0.3 is 5.97 Å². The highest BCUT2D eigenvalue weighted by atomic mass is 16.5.